The number of nitrogens with zero attached hydrogens (tertiary/aromatic N) is 2. The third kappa shape index (κ3) is 5.32. The molecule has 2 rings (SSSR count). The highest BCUT2D eigenvalue weighted by Crippen LogP contribution is 2.22. The van der Waals surface area contributed by atoms with Crippen LogP contribution in [-0.4, -0.2) is 61.5 Å². The van der Waals surface area contributed by atoms with Gasteiger partial charge in [0.2, 0.25) is 5.91 Å². The lowest BCUT2D eigenvalue weighted by Crippen LogP contribution is -2.43. The molecule has 0 spiro atoms. The lowest BCUT2D eigenvalue weighted by Gasteiger charge is -2.31. The van der Waals surface area contributed by atoms with Gasteiger partial charge in [0.05, 0.1) is 13.0 Å². The van der Waals surface area contributed by atoms with E-state index in [1.165, 1.54) is 9.75 Å². The molecule has 1 aliphatic heterocycles. The van der Waals surface area contributed by atoms with Gasteiger partial charge in [-0.1, -0.05) is 0 Å². The summed E-state index contributed by atoms with van der Waals surface area (Å²) >= 11 is 1.72. The number of hydrogen-bond donors (Lipinski definition) is 0. The first-order valence-electron chi connectivity index (χ1n) is 8.03. The van der Waals surface area contributed by atoms with Crippen molar-refractivity contribution in [1.82, 2.24) is 9.80 Å². The molecular formula is C17H26N2O3S. The number of esters is 1. The first-order chi connectivity index (χ1) is 10.8. The number of likely N-dealkylation sites (tertiary alicyclic amines) is 1. The van der Waals surface area contributed by atoms with Crippen LogP contribution in [0.15, 0.2) is 6.07 Å². The van der Waals surface area contributed by atoms with Crippen molar-refractivity contribution in [2.45, 2.75) is 39.2 Å². The molecule has 0 unspecified atom stereocenters. The summed E-state index contributed by atoms with van der Waals surface area (Å²) in [5.41, 5.74) is 1.08. The molecule has 1 fully saturated rings. The Labute approximate surface area is 142 Å². The second-order valence-electron chi connectivity index (χ2n) is 6.37. The molecule has 1 saturated heterocycles. The highest BCUT2D eigenvalue weighted by atomic mass is 32.1. The van der Waals surface area contributed by atoms with Gasteiger partial charge in [0, 0.05) is 36.9 Å². The molecule has 0 saturated carbocycles. The van der Waals surface area contributed by atoms with Crippen LogP contribution in [0.4, 0.5) is 0 Å². The van der Waals surface area contributed by atoms with E-state index < -0.39 is 0 Å². The lowest BCUT2D eigenvalue weighted by molar-refractivity contribution is -0.151. The summed E-state index contributed by atoms with van der Waals surface area (Å²) in [5, 5.41) is 0. The van der Waals surface area contributed by atoms with Gasteiger partial charge in [0.15, 0.2) is 0 Å². The van der Waals surface area contributed by atoms with E-state index in [1.54, 1.807) is 30.3 Å². The predicted octanol–water partition coefficient (Wildman–Crippen LogP) is 2.00. The number of ether oxygens (including phenoxy) is 1. The van der Waals surface area contributed by atoms with Gasteiger partial charge < -0.3 is 9.64 Å². The molecule has 2 heterocycles. The van der Waals surface area contributed by atoms with Crippen molar-refractivity contribution >= 4 is 23.2 Å². The maximum atomic E-state index is 12.1. The van der Waals surface area contributed by atoms with E-state index in [2.05, 4.69) is 17.9 Å². The van der Waals surface area contributed by atoms with Gasteiger partial charge in [-0.25, -0.2) is 0 Å². The molecule has 6 heteroatoms. The summed E-state index contributed by atoms with van der Waals surface area (Å²) in [5.74, 6) is -0.0301. The number of carbonyl (C=O) groups is 2. The fourth-order valence-corrected chi connectivity index (χ4v) is 3.71. The van der Waals surface area contributed by atoms with E-state index in [0.29, 0.717) is 13.0 Å². The average molecular weight is 338 g/mol. The van der Waals surface area contributed by atoms with Crippen LogP contribution in [0.5, 0.6) is 0 Å². The number of likely N-dealkylation sites (N-methyl/N-ethyl adjacent to an activating group) is 1. The molecule has 1 amide bonds. The van der Waals surface area contributed by atoms with Crippen LogP contribution in [0.2, 0.25) is 0 Å². The SMILES string of the molecule is Cc1cc(CC(=O)OC2CCN(CC(=O)N(C)C)CC2)c(C)s1. The van der Waals surface area contributed by atoms with Gasteiger partial charge in [-0.3, -0.25) is 14.5 Å². The van der Waals surface area contributed by atoms with E-state index in [1.807, 2.05) is 6.92 Å². The van der Waals surface area contributed by atoms with Gasteiger partial charge in [-0.05, 0) is 38.3 Å². The Kier molecular flexibility index (Phi) is 6.18. The minimum atomic E-state index is -0.145. The second-order valence-corrected chi connectivity index (χ2v) is 7.83. The molecular weight excluding hydrogens is 312 g/mol. The standard InChI is InChI=1S/C17H26N2O3S/c1-12-9-14(13(2)23-12)10-17(21)22-15-5-7-19(8-6-15)11-16(20)18(3)4/h9,15H,5-8,10-11H2,1-4H3. The summed E-state index contributed by atoms with van der Waals surface area (Å²) in [6.45, 7) is 6.14. The monoisotopic (exact) mass is 338 g/mol. The zero-order valence-electron chi connectivity index (χ0n) is 14.4. The highest BCUT2D eigenvalue weighted by molar-refractivity contribution is 7.12. The molecule has 1 aromatic rings. The minimum Gasteiger partial charge on any atom is -0.462 e. The molecule has 0 aliphatic carbocycles. The van der Waals surface area contributed by atoms with Gasteiger partial charge in [-0.15, -0.1) is 11.3 Å². The molecule has 128 valence electrons. The smallest absolute Gasteiger partial charge is 0.310 e. The molecule has 1 aromatic heterocycles. The fourth-order valence-electron chi connectivity index (χ4n) is 2.76. The summed E-state index contributed by atoms with van der Waals surface area (Å²) in [6.07, 6.45) is 1.94. The molecule has 5 nitrogen and oxygen atoms in total. The van der Waals surface area contributed by atoms with E-state index in [4.69, 9.17) is 4.74 Å². The van der Waals surface area contributed by atoms with Crippen LogP contribution in [0.1, 0.15) is 28.2 Å². The van der Waals surface area contributed by atoms with Crippen molar-refractivity contribution < 1.29 is 14.3 Å². The normalized spacial score (nSPS) is 16.3. The third-order valence-corrected chi connectivity index (χ3v) is 5.18. The van der Waals surface area contributed by atoms with E-state index in [-0.39, 0.29) is 18.0 Å². The number of amides is 1. The third-order valence-electron chi connectivity index (χ3n) is 4.17. The number of carbonyl (C=O) groups excluding carboxylic acids is 2. The van der Waals surface area contributed by atoms with Crippen LogP contribution in [0.25, 0.3) is 0 Å². The second kappa shape index (κ2) is 7.93. The number of aryl methyl sites for hydroxylation is 2. The Morgan fingerprint density at radius 1 is 1.30 bits per heavy atom. The molecule has 1 aliphatic rings. The van der Waals surface area contributed by atoms with Crippen molar-refractivity contribution in [3.05, 3.63) is 21.4 Å². The molecule has 0 aromatic carbocycles. The Bertz CT molecular complexity index is 560. The minimum absolute atomic E-state index is 0.0201. The summed E-state index contributed by atoms with van der Waals surface area (Å²) in [4.78, 5) is 30.0. The Morgan fingerprint density at radius 2 is 1.96 bits per heavy atom. The largest absolute Gasteiger partial charge is 0.462 e. The van der Waals surface area contributed by atoms with Crippen molar-refractivity contribution in [1.29, 1.82) is 0 Å². The molecule has 0 atom stereocenters. The first-order valence-corrected chi connectivity index (χ1v) is 8.84. The van der Waals surface area contributed by atoms with Crippen molar-refractivity contribution in [2.24, 2.45) is 0 Å². The molecule has 0 bridgehead atoms. The van der Waals surface area contributed by atoms with Crippen molar-refractivity contribution in [3.8, 4) is 0 Å². The van der Waals surface area contributed by atoms with E-state index in [0.717, 1.165) is 31.5 Å². The van der Waals surface area contributed by atoms with Crippen LogP contribution in [0.3, 0.4) is 0 Å². The molecule has 23 heavy (non-hydrogen) atoms. The molecule has 0 radical (unpaired) electrons. The van der Waals surface area contributed by atoms with Gasteiger partial charge in [0.25, 0.3) is 0 Å². The number of hydrogen-bond acceptors (Lipinski definition) is 5. The number of rotatable bonds is 5. The Balaban J connectivity index is 1.74. The Morgan fingerprint density at radius 3 is 2.48 bits per heavy atom. The fraction of sp³-hybridized carbons (Fsp3) is 0.647. The topological polar surface area (TPSA) is 49.9 Å². The highest BCUT2D eigenvalue weighted by Gasteiger charge is 2.24. The van der Waals surface area contributed by atoms with Crippen LogP contribution >= 0.6 is 11.3 Å². The maximum Gasteiger partial charge on any atom is 0.310 e. The van der Waals surface area contributed by atoms with Crippen molar-refractivity contribution in [3.63, 3.8) is 0 Å². The van der Waals surface area contributed by atoms with Gasteiger partial charge in [-0.2, -0.15) is 0 Å². The molecule has 0 N–H and O–H groups in total. The van der Waals surface area contributed by atoms with Crippen molar-refractivity contribution in [2.75, 3.05) is 33.7 Å². The maximum absolute atomic E-state index is 12.1. The number of piperidine rings is 1. The summed E-state index contributed by atoms with van der Waals surface area (Å²) < 4.78 is 5.60. The summed E-state index contributed by atoms with van der Waals surface area (Å²) in [6, 6.07) is 2.07. The van der Waals surface area contributed by atoms with Crippen LogP contribution in [-0.2, 0) is 20.7 Å². The zero-order valence-corrected chi connectivity index (χ0v) is 15.2. The lowest BCUT2D eigenvalue weighted by atomic mass is 10.1. The average Bonchev–Trinajstić information content (AvgIpc) is 2.78. The van der Waals surface area contributed by atoms with Crippen LogP contribution in [0, 0.1) is 13.8 Å². The van der Waals surface area contributed by atoms with E-state index >= 15 is 0 Å². The zero-order chi connectivity index (χ0) is 17.0. The predicted molar refractivity (Wildman–Crippen MR) is 91.7 cm³/mol. The summed E-state index contributed by atoms with van der Waals surface area (Å²) in [7, 11) is 3.54. The number of thiophene rings is 1. The van der Waals surface area contributed by atoms with Crippen LogP contribution < -0.4 is 0 Å². The van der Waals surface area contributed by atoms with Gasteiger partial charge in [0.1, 0.15) is 6.10 Å². The Hall–Kier alpha value is -1.40. The first kappa shape index (κ1) is 17.9. The quantitative estimate of drug-likeness (QED) is 0.771. The van der Waals surface area contributed by atoms with E-state index in [9.17, 15) is 9.59 Å². The van der Waals surface area contributed by atoms with Gasteiger partial charge >= 0.3 is 5.97 Å².